The molecule has 2 saturated heterocycles. The molecule has 0 aromatic rings. The van der Waals surface area contributed by atoms with E-state index in [1.165, 1.54) is 51.7 Å². The minimum absolute atomic E-state index is 0.770. The normalized spacial score (nSPS) is 32.5. The van der Waals surface area contributed by atoms with Crippen LogP contribution in [0.4, 0.5) is 0 Å². The highest BCUT2D eigenvalue weighted by molar-refractivity contribution is 4.93. The van der Waals surface area contributed by atoms with Crippen LogP contribution in [0.2, 0.25) is 0 Å². The maximum absolute atomic E-state index is 2.83. The van der Waals surface area contributed by atoms with E-state index < -0.39 is 0 Å². The summed E-state index contributed by atoms with van der Waals surface area (Å²) in [6, 6.07) is 2.40. The van der Waals surface area contributed by atoms with Gasteiger partial charge in [0.15, 0.2) is 0 Å². The van der Waals surface area contributed by atoms with Crippen molar-refractivity contribution in [2.75, 3.05) is 19.6 Å². The van der Waals surface area contributed by atoms with Crippen molar-refractivity contribution in [2.24, 2.45) is 5.92 Å². The summed E-state index contributed by atoms with van der Waals surface area (Å²) in [7, 11) is 0. The molecule has 0 aromatic heterocycles. The summed E-state index contributed by atoms with van der Waals surface area (Å²) in [6.45, 7) is 13.6. The Bertz CT molecular complexity index is 251. The Kier molecular flexibility index (Phi) is 5.08. The fraction of sp³-hybridized carbons (Fsp3) is 1.00. The lowest BCUT2D eigenvalue weighted by Gasteiger charge is -2.51. The first-order valence-corrected chi connectivity index (χ1v) is 8.13. The van der Waals surface area contributed by atoms with Gasteiger partial charge in [0.2, 0.25) is 0 Å². The molecular formula is C16H32N2. The number of fused-ring (bicyclic) bond motifs is 1. The van der Waals surface area contributed by atoms with Crippen molar-refractivity contribution in [1.29, 1.82) is 0 Å². The SMILES string of the molecule is CCCC(C)N1CC2CCCCN2CC1C(C)C. The molecule has 0 aliphatic carbocycles. The summed E-state index contributed by atoms with van der Waals surface area (Å²) in [4.78, 5) is 5.62. The fourth-order valence-electron chi connectivity index (χ4n) is 3.92. The third-order valence-electron chi connectivity index (χ3n) is 5.06. The molecule has 0 saturated carbocycles. The zero-order valence-corrected chi connectivity index (χ0v) is 12.9. The van der Waals surface area contributed by atoms with Crippen molar-refractivity contribution in [1.82, 2.24) is 9.80 Å². The van der Waals surface area contributed by atoms with E-state index in [0.717, 1.165) is 24.0 Å². The molecule has 3 atom stereocenters. The van der Waals surface area contributed by atoms with Crippen LogP contribution >= 0.6 is 0 Å². The van der Waals surface area contributed by atoms with Crippen molar-refractivity contribution < 1.29 is 0 Å². The molecule has 2 heterocycles. The molecule has 0 N–H and O–H groups in total. The minimum Gasteiger partial charge on any atom is -0.298 e. The second-order valence-electron chi connectivity index (χ2n) is 6.79. The lowest BCUT2D eigenvalue weighted by Crippen LogP contribution is -2.62. The average Bonchev–Trinajstić information content (AvgIpc) is 2.37. The third-order valence-corrected chi connectivity index (χ3v) is 5.06. The van der Waals surface area contributed by atoms with Gasteiger partial charge in [0.05, 0.1) is 0 Å². The fourth-order valence-corrected chi connectivity index (χ4v) is 3.92. The summed E-state index contributed by atoms with van der Waals surface area (Å²) in [5.41, 5.74) is 0. The van der Waals surface area contributed by atoms with Gasteiger partial charge in [-0.05, 0) is 38.6 Å². The van der Waals surface area contributed by atoms with Crippen LogP contribution < -0.4 is 0 Å². The van der Waals surface area contributed by atoms with Crippen LogP contribution in [0.5, 0.6) is 0 Å². The van der Waals surface area contributed by atoms with E-state index in [1.54, 1.807) is 0 Å². The van der Waals surface area contributed by atoms with Gasteiger partial charge in [-0.3, -0.25) is 9.80 Å². The predicted molar refractivity (Wildman–Crippen MR) is 78.9 cm³/mol. The number of rotatable bonds is 4. The average molecular weight is 252 g/mol. The van der Waals surface area contributed by atoms with Crippen molar-refractivity contribution >= 4 is 0 Å². The van der Waals surface area contributed by atoms with E-state index >= 15 is 0 Å². The maximum atomic E-state index is 2.83. The largest absolute Gasteiger partial charge is 0.298 e. The molecule has 0 aromatic carbocycles. The summed E-state index contributed by atoms with van der Waals surface area (Å²) in [5, 5.41) is 0. The van der Waals surface area contributed by atoms with Crippen LogP contribution in [0.15, 0.2) is 0 Å². The van der Waals surface area contributed by atoms with Crippen LogP contribution in [0.1, 0.15) is 59.8 Å². The lowest BCUT2D eigenvalue weighted by atomic mass is 9.90. The van der Waals surface area contributed by atoms with Crippen molar-refractivity contribution in [3.8, 4) is 0 Å². The van der Waals surface area contributed by atoms with Gasteiger partial charge in [0.25, 0.3) is 0 Å². The summed E-state index contributed by atoms with van der Waals surface area (Å²) in [5.74, 6) is 0.784. The molecule has 106 valence electrons. The molecule has 0 spiro atoms. The van der Waals surface area contributed by atoms with Crippen LogP contribution in [-0.2, 0) is 0 Å². The Balaban J connectivity index is 2.05. The van der Waals surface area contributed by atoms with E-state index in [9.17, 15) is 0 Å². The van der Waals surface area contributed by atoms with Gasteiger partial charge in [0.1, 0.15) is 0 Å². The highest BCUT2D eigenvalue weighted by atomic mass is 15.3. The first-order chi connectivity index (χ1) is 8.63. The van der Waals surface area contributed by atoms with E-state index in [4.69, 9.17) is 0 Å². The number of hydrogen-bond acceptors (Lipinski definition) is 2. The smallest absolute Gasteiger partial charge is 0.0249 e. The summed E-state index contributed by atoms with van der Waals surface area (Å²) >= 11 is 0. The van der Waals surface area contributed by atoms with E-state index in [0.29, 0.717) is 0 Å². The number of piperidine rings is 1. The zero-order chi connectivity index (χ0) is 13.1. The molecule has 2 rings (SSSR count). The Hall–Kier alpha value is -0.0800. The van der Waals surface area contributed by atoms with Crippen molar-refractivity contribution in [3.63, 3.8) is 0 Å². The Morgan fingerprint density at radius 1 is 1.11 bits per heavy atom. The molecule has 0 amide bonds. The molecule has 0 radical (unpaired) electrons. The first kappa shape index (κ1) is 14.3. The van der Waals surface area contributed by atoms with Gasteiger partial charge in [-0.25, -0.2) is 0 Å². The van der Waals surface area contributed by atoms with Crippen LogP contribution in [0.25, 0.3) is 0 Å². The van der Waals surface area contributed by atoms with Gasteiger partial charge in [-0.1, -0.05) is 33.6 Å². The summed E-state index contributed by atoms with van der Waals surface area (Å²) in [6.07, 6.45) is 6.97. The molecule has 18 heavy (non-hydrogen) atoms. The second kappa shape index (κ2) is 6.38. The monoisotopic (exact) mass is 252 g/mol. The minimum atomic E-state index is 0.770. The molecular weight excluding hydrogens is 220 g/mol. The van der Waals surface area contributed by atoms with Crippen LogP contribution in [-0.4, -0.2) is 47.6 Å². The third kappa shape index (κ3) is 3.08. The molecule has 2 nitrogen and oxygen atoms in total. The van der Waals surface area contributed by atoms with E-state index in [1.807, 2.05) is 0 Å². The maximum Gasteiger partial charge on any atom is 0.0249 e. The van der Waals surface area contributed by atoms with Gasteiger partial charge < -0.3 is 0 Å². The number of nitrogens with zero attached hydrogens (tertiary/aromatic N) is 2. The molecule has 2 aliphatic heterocycles. The molecule has 0 bridgehead atoms. The topological polar surface area (TPSA) is 6.48 Å². The molecule has 2 fully saturated rings. The molecule has 2 aliphatic rings. The van der Waals surface area contributed by atoms with Gasteiger partial charge in [-0.15, -0.1) is 0 Å². The van der Waals surface area contributed by atoms with E-state index in [2.05, 4.69) is 37.5 Å². The Labute approximate surface area is 114 Å². The highest BCUT2D eigenvalue weighted by Crippen LogP contribution is 2.29. The van der Waals surface area contributed by atoms with Crippen molar-refractivity contribution in [2.45, 2.75) is 77.9 Å². The first-order valence-electron chi connectivity index (χ1n) is 8.13. The van der Waals surface area contributed by atoms with Gasteiger partial charge >= 0.3 is 0 Å². The van der Waals surface area contributed by atoms with Gasteiger partial charge in [0, 0.05) is 31.2 Å². The highest BCUT2D eigenvalue weighted by Gasteiger charge is 2.37. The Morgan fingerprint density at radius 2 is 1.89 bits per heavy atom. The quantitative estimate of drug-likeness (QED) is 0.757. The van der Waals surface area contributed by atoms with Crippen LogP contribution in [0, 0.1) is 5.92 Å². The number of hydrogen-bond donors (Lipinski definition) is 0. The van der Waals surface area contributed by atoms with Crippen LogP contribution in [0.3, 0.4) is 0 Å². The van der Waals surface area contributed by atoms with Crippen molar-refractivity contribution in [3.05, 3.63) is 0 Å². The number of piperazine rings is 1. The molecule has 2 heteroatoms. The predicted octanol–water partition coefficient (Wildman–Crippen LogP) is 3.37. The van der Waals surface area contributed by atoms with Gasteiger partial charge in [-0.2, -0.15) is 0 Å². The molecule has 3 unspecified atom stereocenters. The second-order valence-corrected chi connectivity index (χ2v) is 6.79. The lowest BCUT2D eigenvalue weighted by molar-refractivity contribution is -0.0280. The zero-order valence-electron chi connectivity index (χ0n) is 12.9. The van der Waals surface area contributed by atoms with E-state index in [-0.39, 0.29) is 0 Å². The standard InChI is InChI=1S/C16H32N2/c1-5-8-14(4)18-11-15-9-6-7-10-17(15)12-16(18)13(2)3/h13-16H,5-12H2,1-4H3. The Morgan fingerprint density at radius 3 is 2.56 bits per heavy atom. The summed E-state index contributed by atoms with van der Waals surface area (Å²) < 4.78 is 0.